The second-order valence-electron chi connectivity index (χ2n) is 5.74. The van der Waals surface area contributed by atoms with Gasteiger partial charge in [0.15, 0.2) is 0 Å². The summed E-state index contributed by atoms with van der Waals surface area (Å²) < 4.78 is 0. The maximum atomic E-state index is 9.70. The molecule has 2 nitrogen and oxygen atoms in total. The summed E-state index contributed by atoms with van der Waals surface area (Å²) >= 11 is 0. The van der Waals surface area contributed by atoms with Gasteiger partial charge in [0.1, 0.15) is 5.75 Å². The van der Waals surface area contributed by atoms with Crippen molar-refractivity contribution in [3.05, 3.63) is 29.3 Å². The molecule has 2 atom stereocenters. The van der Waals surface area contributed by atoms with Gasteiger partial charge in [-0.15, -0.1) is 0 Å². The van der Waals surface area contributed by atoms with Crippen molar-refractivity contribution in [3.63, 3.8) is 0 Å². The minimum absolute atomic E-state index is 0.401. The van der Waals surface area contributed by atoms with Gasteiger partial charge in [-0.2, -0.15) is 0 Å². The van der Waals surface area contributed by atoms with Crippen molar-refractivity contribution < 1.29 is 5.11 Å². The number of nitrogens with zero attached hydrogens (tertiary/aromatic N) is 1. The molecule has 2 heteroatoms. The molecule has 0 bridgehead atoms. The second-order valence-corrected chi connectivity index (χ2v) is 5.74. The molecule has 0 radical (unpaired) electrons. The zero-order valence-corrected chi connectivity index (χ0v) is 11.8. The number of rotatable bonds is 4. The summed E-state index contributed by atoms with van der Waals surface area (Å²) in [5.74, 6) is 1.13. The van der Waals surface area contributed by atoms with Crippen molar-refractivity contribution in [3.8, 4) is 5.75 Å². The Balaban J connectivity index is 2.18. The Morgan fingerprint density at radius 3 is 2.94 bits per heavy atom. The lowest BCUT2D eigenvalue weighted by atomic mass is 9.86. The molecule has 2 rings (SSSR count). The predicted molar refractivity (Wildman–Crippen MR) is 75.9 cm³/mol. The average Bonchev–Trinajstić information content (AvgIpc) is 2.37. The van der Waals surface area contributed by atoms with Crippen LogP contribution in [0.5, 0.6) is 5.75 Å². The Bertz CT molecular complexity index is 402. The molecule has 1 aromatic carbocycles. The SMILES string of the molecule is CCC(C)CN(C)C1CCCc2ccc(O)cc21. The second kappa shape index (κ2) is 5.75. The van der Waals surface area contributed by atoms with Crippen molar-refractivity contribution in [1.82, 2.24) is 4.90 Å². The fourth-order valence-corrected chi connectivity index (χ4v) is 2.97. The van der Waals surface area contributed by atoms with Gasteiger partial charge in [0.2, 0.25) is 0 Å². The molecule has 0 fully saturated rings. The molecule has 100 valence electrons. The Kier molecular flexibility index (Phi) is 4.28. The van der Waals surface area contributed by atoms with E-state index in [1.807, 2.05) is 12.1 Å². The summed E-state index contributed by atoms with van der Waals surface area (Å²) in [6.07, 6.45) is 4.85. The van der Waals surface area contributed by atoms with E-state index in [0.717, 1.165) is 18.9 Å². The van der Waals surface area contributed by atoms with E-state index in [4.69, 9.17) is 0 Å². The maximum absolute atomic E-state index is 9.70. The van der Waals surface area contributed by atoms with Crippen LogP contribution in [0.25, 0.3) is 0 Å². The topological polar surface area (TPSA) is 23.5 Å². The Morgan fingerprint density at radius 2 is 2.22 bits per heavy atom. The molecule has 1 aromatic rings. The van der Waals surface area contributed by atoms with Gasteiger partial charge in [-0.3, -0.25) is 4.90 Å². The first-order chi connectivity index (χ1) is 8.61. The standard InChI is InChI=1S/C16H25NO/c1-4-12(2)11-17(3)16-7-5-6-13-8-9-14(18)10-15(13)16/h8-10,12,16,18H,4-7,11H2,1-3H3. The van der Waals surface area contributed by atoms with Crippen LogP contribution in [0.4, 0.5) is 0 Å². The maximum Gasteiger partial charge on any atom is 0.115 e. The zero-order chi connectivity index (χ0) is 13.1. The lowest BCUT2D eigenvalue weighted by Crippen LogP contribution is -2.31. The van der Waals surface area contributed by atoms with Gasteiger partial charge >= 0.3 is 0 Å². The van der Waals surface area contributed by atoms with Crippen LogP contribution < -0.4 is 0 Å². The Hall–Kier alpha value is -1.02. The minimum atomic E-state index is 0.401. The van der Waals surface area contributed by atoms with Crippen molar-refractivity contribution >= 4 is 0 Å². The van der Waals surface area contributed by atoms with Gasteiger partial charge < -0.3 is 5.11 Å². The highest BCUT2D eigenvalue weighted by Crippen LogP contribution is 2.35. The van der Waals surface area contributed by atoms with E-state index in [9.17, 15) is 5.11 Å². The Morgan fingerprint density at radius 1 is 1.44 bits per heavy atom. The van der Waals surface area contributed by atoms with Crippen LogP contribution in [0.15, 0.2) is 18.2 Å². The third-order valence-corrected chi connectivity index (χ3v) is 4.24. The van der Waals surface area contributed by atoms with E-state index in [2.05, 4.69) is 31.9 Å². The molecule has 0 aliphatic heterocycles. The van der Waals surface area contributed by atoms with E-state index in [1.54, 1.807) is 0 Å². The van der Waals surface area contributed by atoms with Crippen LogP contribution >= 0.6 is 0 Å². The average molecular weight is 247 g/mol. The number of hydrogen-bond acceptors (Lipinski definition) is 2. The van der Waals surface area contributed by atoms with Gasteiger partial charge in [0.05, 0.1) is 0 Å². The first-order valence-corrected chi connectivity index (χ1v) is 7.13. The molecule has 0 spiro atoms. The summed E-state index contributed by atoms with van der Waals surface area (Å²) in [5.41, 5.74) is 2.76. The van der Waals surface area contributed by atoms with Crippen molar-refractivity contribution in [2.24, 2.45) is 5.92 Å². The molecule has 1 N–H and O–H groups in total. The number of phenolic OH excluding ortho intramolecular Hbond substituents is 1. The molecular weight excluding hydrogens is 222 g/mol. The highest BCUT2D eigenvalue weighted by atomic mass is 16.3. The summed E-state index contributed by atoms with van der Waals surface area (Å²) in [6, 6.07) is 6.35. The van der Waals surface area contributed by atoms with Crippen LogP contribution in [-0.2, 0) is 6.42 Å². The largest absolute Gasteiger partial charge is 0.508 e. The summed E-state index contributed by atoms with van der Waals surface area (Å²) in [5, 5.41) is 9.70. The number of aryl methyl sites for hydroxylation is 1. The van der Waals surface area contributed by atoms with Crippen molar-refractivity contribution in [1.29, 1.82) is 0 Å². The lowest BCUT2D eigenvalue weighted by molar-refractivity contribution is 0.192. The first kappa shape index (κ1) is 13.4. The van der Waals surface area contributed by atoms with Crippen LogP contribution in [0.2, 0.25) is 0 Å². The van der Waals surface area contributed by atoms with Gasteiger partial charge in [-0.1, -0.05) is 26.3 Å². The highest BCUT2D eigenvalue weighted by Gasteiger charge is 2.24. The van der Waals surface area contributed by atoms with E-state index in [0.29, 0.717) is 11.8 Å². The van der Waals surface area contributed by atoms with Gasteiger partial charge in [-0.05, 0) is 55.5 Å². The molecule has 1 aliphatic rings. The minimum Gasteiger partial charge on any atom is -0.508 e. The molecule has 0 saturated carbocycles. The molecule has 0 heterocycles. The number of aromatic hydroxyl groups is 1. The molecular formula is C16H25NO. The molecule has 0 amide bonds. The van der Waals surface area contributed by atoms with Crippen molar-refractivity contribution in [2.45, 2.75) is 45.6 Å². The number of fused-ring (bicyclic) bond motifs is 1. The molecule has 2 unspecified atom stereocenters. The van der Waals surface area contributed by atoms with E-state index >= 15 is 0 Å². The normalized spacial score (nSPS) is 20.8. The quantitative estimate of drug-likeness (QED) is 0.876. The van der Waals surface area contributed by atoms with Crippen molar-refractivity contribution in [2.75, 3.05) is 13.6 Å². The summed E-state index contributed by atoms with van der Waals surface area (Å²) in [6.45, 7) is 5.69. The smallest absolute Gasteiger partial charge is 0.115 e. The summed E-state index contributed by atoms with van der Waals surface area (Å²) in [7, 11) is 2.22. The van der Waals surface area contributed by atoms with E-state index < -0.39 is 0 Å². The van der Waals surface area contributed by atoms with E-state index in [-0.39, 0.29) is 0 Å². The number of phenols is 1. The van der Waals surface area contributed by atoms with Gasteiger partial charge in [0, 0.05) is 12.6 Å². The van der Waals surface area contributed by atoms with Crippen LogP contribution in [0.1, 0.15) is 50.3 Å². The third kappa shape index (κ3) is 2.86. The van der Waals surface area contributed by atoms with E-state index in [1.165, 1.54) is 30.4 Å². The molecule has 1 aliphatic carbocycles. The zero-order valence-electron chi connectivity index (χ0n) is 11.8. The molecule has 18 heavy (non-hydrogen) atoms. The fraction of sp³-hybridized carbons (Fsp3) is 0.625. The van der Waals surface area contributed by atoms with Gasteiger partial charge in [0.25, 0.3) is 0 Å². The first-order valence-electron chi connectivity index (χ1n) is 7.13. The van der Waals surface area contributed by atoms with Crippen LogP contribution in [0, 0.1) is 5.92 Å². The summed E-state index contributed by atoms with van der Waals surface area (Å²) in [4.78, 5) is 2.46. The number of benzene rings is 1. The monoisotopic (exact) mass is 247 g/mol. The third-order valence-electron chi connectivity index (χ3n) is 4.24. The highest BCUT2D eigenvalue weighted by molar-refractivity contribution is 5.38. The van der Waals surface area contributed by atoms with Crippen LogP contribution in [0.3, 0.4) is 0 Å². The fourth-order valence-electron chi connectivity index (χ4n) is 2.97. The van der Waals surface area contributed by atoms with Crippen LogP contribution in [-0.4, -0.2) is 23.6 Å². The lowest BCUT2D eigenvalue weighted by Gasteiger charge is -2.34. The number of hydrogen-bond donors (Lipinski definition) is 1. The van der Waals surface area contributed by atoms with Gasteiger partial charge in [-0.25, -0.2) is 0 Å². The molecule has 0 saturated heterocycles. The Labute approximate surface area is 111 Å². The molecule has 0 aromatic heterocycles. The predicted octanol–water partition coefficient (Wildman–Crippen LogP) is 3.75.